The molecule has 1 heterocycles. The first-order chi connectivity index (χ1) is 14.9. The van der Waals surface area contributed by atoms with Crippen LogP contribution in [0.4, 0.5) is 0 Å². The monoisotopic (exact) mass is 419 g/mol. The van der Waals surface area contributed by atoms with E-state index in [1.54, 1.807) is 22.8 Å². The van der Waals surface area contributed by atoms with Crippen molar-refractivity contribution in [2.75, 3.05) is 0 Å². The maximum Gasteiger partial charge on any atom is 0.265 e. The number of benzene rings is 2. The van der Waals surface area contributed by atoms with Crippen LogP contribution in [0.25, 0.3) is 10.9 Å². The minimum Gasteiger partial charge on any atom is -0.506 e. The number of aromatic hydroxyl groups is 1. The number of nitrogens with zero attached hydrogens (tertiary/aromatic N) is 1. The summed E-state index contributed by atoms with van der Waals surface area (Å²) < 4.78 is 7.46. The van der Waals surface area contributed by atoms with Crippen LogP contribution in [0.2, 0.25) is 0 Å². The van der Waals surface area contributed by atoms with Crippen LogP contribution in [0, 0.1) is 5.92 Å². The molecule has 0 amide bonds. The van der Waals surface area contributed by atoms with Crippen LogP contribution in [0.5, 0.6) is 17.2 Å². The second kappa shape index (κ2) is 8.76. The summed E-state index contributed by atoms with van der Waals surface area (Å²) in [7, 11) is 0. The van der Waals surface area contributed by atoms with Crippen molar-refractivity contribution in [1.82, 2.24) is 4.57 Å². The number of fused-ring (bicyclic) bond motifs is 1. The van der Waals surface area contributed by atoms with Gasteiger partial charge < -0.3 is 19.2 Å². The molecule has 0 radical (unpaired) electrons. The Balaban J connectivity index is 1.79. The van der Waals surface area contributed by atoms with E-state index in [1.807, 2.05) is 30.3 Å². The van der Waals surface area contributed by atoms with E-state index in [1.165, 1.54) is 6.92 Å². The number of hydrogen-bond acceptors (Lipinski definition) is 5. The number of carbonyl (C=O) groups excluding carboxylic acids is 2. The maximum atomic E-state index is 13.2. The summed E-state index contributed by atoms with van der Waals surface area (Å²) in [6.07, 6.45) is 3.09. The number of aryl methyl sites for hydroxylation is 1. The van der Waals surface area contributed by atoms with Crippen LogP contribution in [-0.2, 0) is 11.3 Å². The summed E-state index contributed by atoms with van der Waals surface area (Å²) in [4.78, 5) is 37.2. The second-order valence-electron chi connectivity index (χ2n) is 8.13. The van der Waals surface area contributed by atoms with E-state index < -0.39 is 11.3 Å². The van der Waals surface area contributed by atoms with Crippen LogP contribution >= 0.6 is 0 Å². The Hall–Kier alpha value is -3.41. The summed E-state index contributed by atoms with van der Waals surface area (Å²) in [5.41, 5.74) is -0.225. The Labute approximate surface area is 180 Å². The Bertz CT molecular complexity index is 1190. The van der Waals surface area contributed by atoms with E-state index in [2.05, 4.69) is 0 Å². The highest BCUT2D eigenvalue weighted by Crippen LogP contribution is 2.35. The molecule has 0 spiro atoms. The van der Waals surface area contributed by atoms with E-state index in [4.69, 9.17) is 4.74 Å². The molecule has 1 saturated carbocycles. The molecule has 31 heavy (non-hydrogen) atoms. The summed E-state index contributed by atoms with van der Waals surface area (Å²) in [5.74, 6) is 0.816. The van der Waals surface area contributed by atoms with Gasteiger partial charge in [0.05, 0.1) is 5.52 Å². The van der Waals surface area contributed by atoms with Crippen LogP contribution in [0.3, 0.4) is 0 Å². The molecular weight excluding hydrogens is 394 g/mol. The van der Waals surface area contributed by atoms with E-state index >= 15 is 0 Å². The lowest BCUT2D eigenvalue weighted by atomic mass is 10.0. The lowest BCUT2D eigenvalue weighted by Crippen LogP contribution is -2.27. The largest absolute Gasteiger partial charge is 0.506 e. The molecule has 2 aromatic carbocycles. The van der Waals surface area contributed by atoms with Crippen LogP contribution in [0.1, 0.15) is 49.4 Å². The Morgan fingerprint density at radius 2 is 1.81 bits per heavy atom. The average Bonchev–Trinajstić information content (AvgIpc) is 3.57. The van der Waals surface area contributed by atoms with Gasteiger partial charge in [-0.25, -0.2) is 0 Å². The fourth-order valence-corrected chi connectivity index (χ4v) is 3.71. The summed E-state index contributed by atoms with van der Waals surface area (Å²) >= 11 is 0. The minimum atomic E-state index is -0.518. The van der Waals surface area contributed by atoms with Crippen molar-refractivity contribution in [2.45, 2.75) is 45.6 Å². The van der Waals surface area contributed by atoms with Crippen molar-refractivity contribution in [3.8, 4) is 17.2 Å². The highest BCUT2D eigenvalue weighted by atomic mass is 16.5. The highest BCUT2D eigenvalue weighted by Gasteiger charge is 2.25. The molecule has 0 bridgehead atoms. The van der Waals surface area contributed by atoms with Crippen molar-refractivity contribution in [2.24, 2.45) is 5.92 Å². The first kappa shape index (κ1) is 20.8. The summed E-state index contributed by atoms with van der Waals surface area (Å²) in [6, 6.07) is 14.4. The number of rotatable bonds is 9. The number of ketones is 2. The van der Waals surface area contributed by atoms with E-state index in [-0.39, 0.29) is 29.9 Å². The lowest BCUT2D eigenvalue weighted by molar-refractivity contribution is -0.116. The number of Topliss-reactive ketones (excluding diaryl/α,β-unsaturated/α-hetero) is 2. The van der Waals surface area contributed by atoms with Gasteiger partial charge in [0, 0.05) is 30.8 Å². The molecule has 0 unspecified atom stereocenters. The zero-order valence-corrected chi connectivity index (χ0v) is 17.5. The average molecular weight is 419 g/mol. The van der Waals surface area contributed by atoms with Gasteiger partial charge in [-0.1, -0.05) is 31.0 Å². The topological polar surface area (TPSA) is 85.6 Å². The van der Waals surface area contributed by atoms with Crippen LogP contribution < -0.4 is 10.3 Å². The van der Waals surface area contributed by atoms with Crippen molar-refractivity contribution >= 4 is 22.5 Å². The molecule has 6 heteroatoms. The van der Waals surface area contributed by atoms with Crippen molar-refractivity contribution < 1.29 is 19.4 Å². The Morgan fingerprint density at radius 3 is 2.48 bits per heavy atom. The molecular formula is C25H25NO5. The summed E-state index contributed by atoms with van der Waals surface area (Å²) in [6.45, 7) is 1.86. The van der Waals surface area contributed by atoms with Gasteiger partial charge in [0.25, 0.3) is 5.56 Å². The molecule has 1 fully saturated rings. The van der Waals surface area contributed by atoms with Gasteiger partial charge in [-0.3, -0.25) is 9.59 Å². The molecule has 1 aromatic heterocycles. The van der Waals surface area contributed by atoms with Gasteiger partial charge >= 0.3 is 0 Å². The summed E-state index contributed by atoms with van der Waals surface area (Å²) in [5, 5.41) is 11.2. The van der Waals surface area contributed by atoms with Crippen LogP contribution in [0.15, 0.2) is 53.3 Å². The zero-order valence-electron chi connectivity index (χ0n) is 17.5. The standard InChI is InChI=1S/C25H25NO5/c1-16(27)7-12-22(28)23-24(29)20-11-10-19(31-18-5-3-2-4-6-18)15-21(20)26(25(23)30)14-13-17-8-9-17/h2-6,10-11,15,17,29H,7-9,12-14H2,1H3. The quantitative estimate of drug-likeness (QED) is 0.501. The van der Waals surface area contributed by atoms with E-state index in [9.17, 15) is 19.5 Å². The van der Waals surface area contributed by atoms with Gasteiger partial charge in [0.2, 0.25) is 0 Å². The first-order valence-electron chi connectivity index (χ1n) is 10.6. The number of aromatic nitrogens is 1. The minimum absolute atomic E-state index is 0.0433. The SMILES string of the molecule is CC(=O)CCC(=O)c1c(O)c2ccc(Oc3ccccc3)cc2n(CCC2CC2)c1=O. The maximum absolute atomic E-state index is 13.2. The van der Waals surface area contributed by atoms with Crippen molar-refractivity contribution in [3.63, 3.8) is 0 Å². The fourth-order valence-electron chi connectivity index (χ4n) is 3.71. The smallest absolute Gasteiger partial charge is 0.265 e. The van der Waals surface area contributed by atoms with Gasteiger partial charge in [-0.2, -0.15) is 0 Å². The number of carbonyl (C=O) groups is 2. The van der Waals surface area contributed by atoms with E-state index in [0.29, 0.717) is 34.9 Å². The number of pyridine rings is 1. The van der Waals surface area contributed by atoms with Gasteiger partial charge in [-0.05, 0) is 43.5 Å². The van der Waals surface area contributed by atoms with Crippen molar-refractivity contribution in [1.29, 1.82) is 0 Å². The predicted molar refractivity (Wildman–Crippen MR) is 118 cm³/mol. The molecule has 1 N–H and O–H groups in total. The molecule has 160 valence electrons. The molecule has 4 rings (SSSR count). The normalized spacial score (nSPS) is 13.3. The third-order valence-corrected chi connectivity index (χ3v) is 5.63. The first-order valence-corrected chi connectivity index (χ1v) is 10.6. The zero-order chi connectivity index (χ0) is 22.0. The Morgan fingerprint density at radius 1 is 1.06 bits per heavy atom. The lowest BCUT2D eigenvalue weighted by Gasteiger charge is -2.16. The third-order valence-electron chi connectivity index (χ3n) is 5.63. The molecule has 0 aliphatic heterocycles. The fraction of sp³-hybridized carbons (Fsp3) is 0.320. The molecule has 0 atom stereocenters. The second-order valence-corrected chi connectivity index (χ2v) is 8.13. The molecule has 6 nitrogen and oxygen atoms in total. The van der Waals surface area contributed by atoms with Crippen molar-refractivity contribution in [3.05, 3.63) is 64.4 Å². The number of hydrogen-bond donors (Lipinski definition) is 1. The molecule has 0 saturated heterocycles. The molecule has 1 aliphatic carbocycles. The highest BCUT2D eigenvalue weighted by molar-refractivity contribution is 6.04. The van der Waals surface area contributed by atoms with E-state index in [0.717, 1.165) is 19.3 Å². The Kier molecular flexibility index (Phi) is 5.89. The number of ether oxygens (including phenoxy) is 1. The van der Waals surface area contributed by atoms with Crippen LogP contribution in [-0.4, -0.2) is 21.2 Å². The van der Waals surface area contributed by atoms with Gasteiger partial charge in [-0.15, -0.1) is 0 Å². The third kappa shape index (κ3) is 4.68. The molecule has 3 aromatic rings. The van der Waals surface area contributed by atoms with Gasteiger partial charge in [0.15, 0.2) is 5.78 Å². The van der Waals surface area contributed by atoms with Gasteiger partial charge in [0.1, 0.15) is 28.6 Å². The predicted octanol–water partition coefficient (Wildman–Crippen LogP) is 4.85. The number of para-hydroxylation sites is 1. The molecule has 1 aliphatic rings.